The van der Waals surface area contributed by atoms with E-state index in [0.717, 1.165) is 44.1 Å². The number of fused-ring (bicyclic) bond motifs is 2. The van der Waals surface area contributed by atoms with Crippen molar-refractivity contribution in [1.82, 2.24) is 0 Å². The van der Waals surface area contributed by atoms with Crippen LogP contribution in [0.25, 0.3) is 0 Å². The van der Waals surface area contributed by atoms with Gasteiger partial charge in [-0.1, -0.05) is 32.9 Å². The number of carboxylic acid groups (broad SMARTS) is 1. The van der Waals surface area contributed by atoms with E-state index in [4.69, 9.17) is 4.74 Å². The summed E-state index contributed by atoms with van der Waals surface area (Å²) in [6.45, 7) is 15.2. The number of hydrogen-bond acceptors (Lipinski definition) is 4. The van der Waals surface area contributed by atoms with Gasteiger partial charge in [0.05, 0.1) is 7.11 Å². The molecule has 200 valence electrons. The zero-order chi connectivity index (χ0) is 26.7. The van der Waals surface area contributed by atoms with Crippen LogP contribution in [-0.4, -0.2) is 29.9 Å². The highest BCUT2D eigenvalue weighted by Crippen LogP contribution is 2.87. The smallest absolute Gasteiger partial charge is 0.331 e. The molecular formula is C31H46O5. The van der Waals surface area contributed by atoms with E-state index in [1.165, 1.54) is 13.5 Å². The summed E-state index contributed by atoms with van der Waals surface area (Å²) in [5.41, 5.74) is 1.64. The minimum atomic E-state index is -0.902. The maximum absolute atomic E-state index is 12.6. The van der Waals surface area contributed by atoms with Crippen LogP contribution in [0.3, 0.4) is 0 Å². The number of allylic oxidation sites excluding steroid dienone is 2. The molecule has 0 aromatic rings. The molecule has 0 bridgehead atoms. The monoisotopic (exact) mass is 498 g/mol. The van der Waals surface area contributed by atoms with Gasteiger partial charge in [0.25, 0.3) is 0 Å². The lowest BCUT2D eigenvalue weighted by Gasteiger charge is -2.61. The first-order chi connectivity index (χ1) is 16.8. The van der Waals surface area contributed by atoms with E-state index in [0.29, 0.717) is 42.6 Å². The lowest BCUT2D eigenvalue weighted by atomic mass is 9.43. The third-order valence-corrected chi connectivity index (χ3v) is 11.9. The van der Waals surface area contributed by atoms with Crippen molar-refractivity contribution in [1.29, 1.82) is 0 Å². The minimum absolute atomic E-state index is 0.0679. The fourth-order valence-corrected chi connectivity index (χ4v) is 10.1. The number of rotatable bonds is 9. The molecule has 4 fully saturated rings. The molecule has 0 saturated heterocycles. The first-order valence-electron chi connectivity index (χ1n) is 13.9. The molecule has 0 radical (unpaired) electrons. The van der Waals surface area contributed by atoms with Gasteiger partial charge in [-0.3, -0.25) is 9.59 Å². The van der Waals surface area contributed by atoms with Crippen molar-refractivity contribution < 1.29 is 24.2 Å². The van der Waals surface area contributed by atoms with Crippen LogP contribution in [0.4, 0.5) is 0 Å². The van der Waals surface area contributed by atoms with Crippen molar-refractivity contribution in [3.05, 3.63) is 23.8 Å². The van der Waals surface area contributed by atoms with Gasteiger partial charge in [-0.25, -0.2) is 4.79 Å². The van der Waals surface area contributed by atoms with Crippen LogP contribution in [0.5, 0.6) is 0 Å². The van der Waals surface area contributed by atoms with E-state index in [9.17, 15) is 19.5 Å². The molecule has 36 heavy (non-hydrogen) atoms. The summed E-state index contributed by atoms with van der Waals surface area (Å²) in [5, 5.41) is 9.84. The highest BCUT2D eigenvalue weighted by atomic mass is 16.5. The minimum Gasteiger partial charge on any atom is -0.478 e. The first kappa shape index (κ1) is 27.1. The van der Waals surface area contributed by atoms with Crippen LogP contribution in [0.2, 0.25) is 0 Å². The normalized spacial score (nSPS) is 41.2. The molecule has 0 unspecified atom stereocenters. The Morgan fingerprint density at radius 3 is 2.39 bits per heavy atom. The predicted octanol–water partition coefficient (Wildman–Crippen LogP) is 6.76. The van der Waals surface area contributed by atoms with Crippen molar-refractivity contribution in [3.8, 4) is 0 Å². The van der Waals surface area contributed by atoms with Gasteiger partial charge >= 0.3 is 11.9 Å². The van der Waals surface area contributed by atoms with Gasteiger partial charge in [0.15, 0.2) is 5.78 Å². The van der Waals surface area contributed by atoms with Crippen LogP contribution in [0.15, 0.2) is 23.8 Å². The Hall–Kier alpha value is -1.91. The van der Waals surface area contributed by atoms with Crippen molar-refractivity contribution in [2.45, 2.75) is 98.8 Å². The summed E-state index contributed by atoms with van der Waals surface area (Å²) in [6.07, 6.45) is 10.8. The number of carboxylic acids is 1. The first-order valence-corrected chi connectivity index (χ1v) is 13.9. The van der Waals surface area contributed by atoms with E-state index in [1.807, 2.05) is 13.8 Å². The highest BCUT2D eigenvalue weighted by Gasteiger charge is 2.80. The molecule has 0 aromatic carbocycles. The summed E-state index contributed by atoms with van der Waals surface area (Å²) in [4.78, 5) is 36.8. The van der Waals surface area contributed by atoms with Crippen molar-refractivity contribution in [2.75, 3.05) is 7.11 Å². The Balaban J connectivity index is 1.63. The molecule has 4 rings (SSSR count). The molecule has 4 saturated carbocycles. The molecule has 5 heteroatoms. The molecule has 1 N–H and O–H groups in total. The fraction of sp³-hybridized carbons (Fsp3) is 0.774. The Kier molecular flexibility index (Phi) is 6.88. The number of ketones is 1. The molecule has 4 aliphatic rings. The quantitative estimate of drug-likeness (QED) is 0.280. The van der Waals surface area contributed by atoms with Gasteiger partial charge in [0.1, 0.15) is 0 Å². The Labute approximate surface area is 217 Å². The Morgan fingerprint density at radius 1 is 1.08 bits per heavy atom. The molecule has 0 aliphatic heterocycles. The highest BCUT2D eigenvalue weighted by molar-refractivity contribution is 5.90. The Bertz CT molecular complexity index is 991. The van der Waals surface area contributed by atoms with E-state index < -0.39 is 5.97 Å². The number of carbonyl (C=O) groups is 3. The lowest BCUT2D eigenvalue weighted by molar-refractivity contribution is -0.143. The molecule has 0 aromatic heterocycles. The van der Waals surface area contributed by atoms with Crippen molar-refractivity contribution in [2.24, 2.45) is 45.3 Å². The van der Waals surface area contributed by atoms with Gasteiger partial charge in [-0.15, -0.1) is 0 Å². The second-order valence-corrected chi connectivity index (χ2v) is 13.4. The molecule has 4 aliphatic carbocycles. The molecule has 5 nitrogen and oxygen atoms in total. The number of methoxy groups -OCH3 is 1. The standard InChI is InChI=1S/C31H46O5/c1-19(2)16-22(32)17-20(3)23-10-12-29(6)25-9-8-24(21(4)27(34)35)30(13-11-26(33)36-7)18-31(25,30)15-14-28(23,29)5/h16,20,23-25H,4,8-15,17-18H2,1-3,5-7H3,(H,34,35)/t20-,23-,24+,25+,28-,29+,30-,31+/m1/s1. The zero-order valence-corrected chi connectivity index (χ0v) is 23.2. The summed E-state index contributed by atoms with van der Waals surface area (Å²) in [5.74, 6) is 0.441. The van der Waals surface area contributed by atoms with Crippen LogP contribution in [-0.2, 0) is 19.1 Å². The van der Waals surface area contributed by atoms with Crippen molar-refractivity contribution in [3.63, 3.8) is 0 Å². The second kappa shape index (κ2) is 9.13. The topological polar surface area (TPSA) is 80.7 Å². The molecule has 0 amide bonds. The van der Waals surface area contributed by atoms with Gasteiger partial charge < -0.3 is 9.84 Å². The SMILES string of the molecule is C=C(C(=O)O)[C@@H]1CC[C@@H]2[C@]3(CC[C@]4(C)[C@@H]([C@H](C)CC(=O)C=C(C)C)CC[C@@]24C)C[C@]13CCC(=O)OC. The summed E-state index contributed by atoms with van der Waals surface area (Å²) in [7, 11) is 1.43. The average Bonchev–Trinajstić information content (AvgIpc) is 3.39. The third-order valence-electron chi connectivity index (χ3n) is 11.9. The van der Waals surface area contributed by atoms with E-state index >= 15 is 0 Å². The Morgan fingerprint density at radius 2 is 1.78 bits per heavy atom. The fourth-order valence-electron chi connectivity index (χ4n) is 10.1. The zero-order valence-electron chi connectivity index (χ0n) is 23.2. The van der Waals surface area contributed by atoms with Crippen LogP contribution >= 0.6 is 0 Å². The molecule has 1 spiro atoms. The third kappa shape index (κ3) is 3.82. The summed E-state index contributed by atoms with van der Waals surface area (Å²) >= 11 is 0. The number of aliphatic carboxylic acids is 1. The average molecular weight is 499 g/mol. The van der Waals surface area contributed by atoms with E-state index in [2.05, 4.69) is 27.4 Å². The lowest BCUT2D eigenvalue weighted by Crippen LogP contribution is -2.54. The molecule has 8 atom stereocenters. The van der Waals surface area contributed by atoms with E-state index in [-0.39, 0.29) is 39.3 Å². The number of carbonyl (C=O) groups excluding carboxylic acids is 2. The molecule has 0 heterocycles. The van der Waals surface area contributed by atoms with Crippen molar-refractivity contribution >= 4 is 17.7 Å². The summed E-state index contributed by atoms with van der Waals surface area (Å²) < 4.78 is 4.97. The van der Waals surface area contributed by atoms with Gasteiger partial charge in [0, 0.05) is 18.4 Å². The molecular weight excluding hydrogens is 452 g/mol. The largest absolute Gasteiger partial charge is 0.478 e. The summed E-state index contributed by atoms with van der Waals surface area (Å²) in [6, 6.07) is 0. The second-order valence-electron chi connectivity index (χ2n) is 13.4. The van der Waals surface area contributed by atoms with E-state index in [1.54, 1.807) is 6.08 Å². The van der Waals surface area contributed by atoms with Crippen LogP contribution < -0.4 is 0 Å². The van der Waals surface area contributed by atoms with Crippen LogP contribution in [0.1, 0.15) is 98.8 Å². The predicted molar refractivity (Wildman–Crippen MR) is 140 cm³/mol. The number of ether oxygens (including phenoxy) is 1. The van der Waals surface area contributed by atoms with Gasteiger partial charge in [-0.2, -0.15) is 0 Å². The number of esters is 1. The number of hydrogen-bond donors (Lipinski definition) is 1. The van der Waals surface area contributed by atoms with Crippen LogP contribution in [0, 0.1) is 45.3 Å². The maximum atomic E-state index is 12.6. The van der Waals surface area contributed by atoms with Gasteiger partial charge in [-0.05, 0) is 117 Å². The van der Waals surface area contributed by atoms with Gasteiger partial charge in [0.2, 0.25) is 0 Å². The maximum Gasteiger partial charge on any atom is 0.331 e.